The number of nitrogens with one attached hydrogen (secondary N) is 2. The number of halogens is 1. The highest BCUT2D eigenvalue weighted by molar-refractivity contribution is 5.80. The van der Waals surface area contributed by atoms with Crippen LogP contribution in [-0.2, 0) is 16.6 Å². The summed E-state index contributed by atoms with van der Waals surface area (Å²) in [5, 5.41) is 5.89. The molecule has 1 aromatic heterocycles. The van der Waals surface area contributed by atoms with Gasteiger partial charge in [0.25, 0.3) is 0 Å². The summed E-state index contributed by atoms with van der Waals surface area (Å²) in [5.41, 5.74) is 1.28. The zero-order valence-electron chi connectivity index (χ0n) is 14.5. The quantitative estimate of drug-likeness (QED) is 0.861. The topological polar surface area (TPSA) is 76.0 Å². The molecule has 1 fully saturated rings. The van der Waals surface area contributed by atoms with E-state index in [1.54, 1.807) is 42.9 Å². The predicted molar refractivity (Wildman–Crippen MR) is 95.3 cm³/mol. The van der Waals surface area contributed by atoms with Gasteiger partial charge < -0.3 is 15.2 Å². The molecule has 2 atom stereocenters. The monoisotopic (exact) mass is 356 g/mol. The van der Waals surface area contributed by atoms with Gasteiger partial charge in [-0.1, -0.05) is 30.4 Å². The van der Waals surface area contributed by atoms with Gasteiger partial charge in [-0.05, 0) is 12.5 Å². The van der Waals surface area contributed by atoms with E-state index in [4.69, 9.17) is 0 Å². The average molecular weight is 356 g/mol. The normalized spacial score (nSPS) is 20.2. The van der Waals surface area contributed by atoms with Crippen molar-refractivity contribution in [1.82, 2.24) is 20.2 Å². The molecule has 3 rings (SSSR count). The third-order valence-electron chi connectivity index (χ3n) is 4.43. The Hall–Kier alpha value is -2.96. The van der Waals surface area contributed by atoms with Crippen molar-refractivity contribution >= 4 is 17.9 Å². The number of hydrogen-bond acceptors (Lipinski definition) is 3. The van der Waals surface area contributed by atoms with Crippen LogP contribution in [0.15, 0.2) is 42.9 Å². The second-order valence-corrected chi connectivity index (χ2v) is 6.32. The molecule has 7 heteroatoms. The summed E-state index contributed by atoms with van der Waals surface area (Å²) in [5.74, 6) is -0.539. The molecule has 26 heavy (non-hydrogen) atoms. The average Bonchev–Trinajstić information content (AvgIpc) is 3.04. The summed E-state index contributed by atoms with van der Waals surface area (Å²) < 4.78 is 15.4. The van der Waals surface area contributed by atoms with Crippen molar-refractivity contribution < 1.29 is 14.0 Å². The summed E-state index contributed by atoms with van der Waals surface area (Å²) in [6.07, 6.45) is 7.63. The van der Waals surface area contributed by atoms with Crippen molar-refractivity contribution in [3.63, 3.8) is 0 Å². The standard InChI is InChI=1S/C19H21FN4O2/c1-24-12-21-11-16(24)19-15(9-10-18(26)23-19)22-17(25)8-4-6-13-5-2-3-7-14(13)20/h2-7,11-12,15,19H,8-10H2,1H3,(H,22,25)(H,23,26)/b6-4+/t15-,19-/m1/s1. The fourth-order valence-electron chi connectivity index (χ4n) is 3.07. The Morgan fingerprint density at radius 3 is 3.00 bits per heavy atom. The van der Waals surface area contributed by atoms with E-state index in [1.165, 1.54) is 6.07 Å². The lowest BCUT2D eigenvalue weighted by molar-refractivity contribution is -0.126. The Bertz CT molecular complexity index is 830. The Morgan fingerprint density at radius 2 is 2.27 bits per heavy atom. The van der Waals surface area contributed by atoms with Crippen LogP contribution in [0.3, 0.4) is 0 Å². The molecule has 1 aromatic carbocycles. The van der Waals surface area contributed by atoms with Crippen LogP contribution in [-0.4, -0.2) is 27.4 Å². The van der Waals surface area contributed by atoms with Crippen molar-refractivity contribution in [1.29, 1.82) is 0 Å². The number of carbonyl (C=O) groups excluding carboxylic acids is 2. The van der Waals surface area contributed by atoms with Crippen molar-refractivity contribution in [3.8, 4) is 0 Å². The van der Waals surface area contributed by atoms with Crippen molar-refractivity contribution in [2.75, 3.05) is 0 Å². The fourth-order valence-corrected chi connectivity index (χ4v) is 3.07. The van der Waals surface area contributed by atoms with Gasteiger partial charge in [-0.2, -0.15) is 0 Å². The molecule has 0 spiro atoms. The van der Waals surface area contributed by atoms with E-state index in [9.17, 15) is 14.0 Å². The molecule has 2 heterocycles. The highest BCUT2D eigenvalue weighted by atomic mass is 19.1. The SMILES string of the molecule is Cn1cncc1[C@@H]1NC(=O)CC[C@H]1NC(=O)C/C=C/c1ccccc1F. The molecule has 0 bridgehead atoms. The van der Waals surface area contributed by atoms with Gasteiger partial charge in [0.15, 0.2) is 0 Å². The number of aryl methyl sites for hydroxylation is 1. The lowest BCUT2D eigenvalue weighted by Crippen LogP contribution is -2.50. The highest BCUT2D eigenvalue weighted by Crippen LogP contribution is 2.23. The third-order valence-corrected chi connectivity index (χ3v) is 4.43. The Balaban J connectivity index is 1.63. The number of amides is 2. The first-order valence-corrected chi connectivity index (χ1v) is 8.50. The van der Waals surface area contributed by atoms with Crippen LogP contribution in [0.4, 0.5) is 4.39 Å². The van der Waals surface area contributed by atoms with E-state index < -0.39 is 0 Å². The number of nitrogens with zero attached hydrogens (tertiary/aromatic N) is 2. The zero-order chi connectivity index (χ0) is 18.5. The van der Waals surface area contributed by atoms with Crippen LogP contribution >= 0.6 is 0 Å². The Kier molecular flexibility index (Phi) is 5.46. The second-order valence-electron chi connectivity index (χ2n) is 6.32. The minimum atomic E-state index is -0.324. The van der Waals surface area contributed by atoms with Gasteiger partial charge in [-0.25, -0.2) is 9.37 Å². The predicted octanol–water partition coefficient (Wildman–Crippen LogP) is 2.10. The van der Waals surface area contributed by atoms with Gasteiger partial charge in [-0.3, -0.25) is 9.59 Å². The molecule has 6 nitrogen and oxygen atoms in total. The van der Waals surface area contributed by atoms with Gasteiger partial charge in [0.1, 0.15) is 5.82 Å². The second kappa shape index (κ2) is 7.95. The first kappa shape index (κ1) is 17.8. The minimum Gasteiger partial charge on any atom is -0.351 e. The molecular weight excluding hydrogens is 335 g/mol. The van der Waals surface area contributed by atoms with Gasteiger partial charge in [0.2, 0.25) is 11.8 Å². The molecule has 0 radical (unpaired) electrons. The molecule has 0 unspecified atom stereocenters. The van der Waals surface area contributed by atoms with Crippen LogP contribution in [0.1, 0.15) is 36.6 Å². The summed E-state index contributed by atoms with van der Waals surface area (Å²) in [7, 11) is 1.85. The lowest BCUT2D eigenvalue weighted by Gasteiger charge is -2.32. The number of benzene rings is 1. The van der Waals surface area contributed by atoms with E-state index >= 15 is 0 Å². The maximum absolute atomic E-state index is 13.6. The third kappa shape index (κ3) is 4.17. The molecule has 0 saturated carbocycles. The maximum Gasteiger partial charge on any atom is 0.224 e. The molecule has 0 aliphatic carbocycles. The first-order chi connectivity index (χ1) is 12.5. The van der Waals surface area contributed by atoms with Crippen molar-refractivity contribution in [2.45, 2.75) is 31.3 Å². The van der Waals surface area contributed by atoms with Crippen LogP contribution in [0, 0.1) is 5.82 Å². The van der Waals surface area contributed by atoms with Crippen LogP contribution < -0.4 is 10.6 Å². The van der Waals surface area contributed by atoms with Gasteiger partial charge in [0, 0.05) is 25.5 Å². The number of carbonyl (C=O) groups is 2. The largest absolute Gasteiger partial charge is 0.351 e. The molecule has 2 N–H and O–H groups in total. The van der Waals surface area contributed by atoms with Gasteiger partial charge in [0.05, 0.1) is 30.3 Å². The Labute approximate surface area is 151 Å². The van der Waals surface area contributed by atoms with Crippen LogP contribution in [0.25, 0.3) is 6.08 Å². The molecule has 2 amide bonds. The van der Waals surface area contributed by atoms with Gasteiger partial charge >= 0.3 is 0 Å². The number of imidazole rings is 1. The fraction of sp³-hybridized carbons (Fsp3) is 0.316. The number of rotatable bonds is 5. The molecule has 136 valence electrons. The summed E-state index contributed by atoms with van der Waals surface area (Å²) in [6.45, 7) is 0. The first-order valence-electron chi connectivity index (χ1n) is 8.50. The van der Waals surface area contributed by atoms with E-state index in [1.807, 2.05) is 11.6 Å². The van der Waals surface area contributed by atoms with E-state index in [0.717, 1.165) is 5.69 Å². The summed E-state index contributed by atoms with van der Waals surface area (Å²) >= 11 is 0. The van der Waals surface area contributed by atoms with E-state index in [0.29, 0.717) is 18.4 Å². The smallest absolute Gasteiger partial charge is 0.224 e. The number of hydrogen-bond donors (Lipinski definition) is 2. The summed E-state index contributed by atoms with van der Waals surface area (Å²) in [6, 6.07) is 5.86. The number of piperidine rings is 1. The Morgan fingerprint density at radius 1 is 1.46 bits per heavy atom. The van der Waals surface area contributed by atoms with Gasteiger partial charge in [-0.15, -0.1) is 0 Å². The van der Waals surface area contributed by atoms with Crippen molar-refractivity contribution in [3.05, 3.63) is 59.9 Å². The summed E-state index contributed by atoms with van der Waals surface area (Å²) in [4.78, 5) is 28.1. The highest BCUT2D eigenvalue weighted by Gasteiger charge is 2.32. The van der Waals surface area contributed by atoms with Crippen molar-refractivity contribution in [2.24, 2.45) is 7.05 Å². The zero-order valence-corrected chi connectivity index (χ0v) is 14.5. The maximum atomic E-state index is 13.6. The minimum absolute atomic E-state index is 0.0406. The van der Waals surface area contributed by atoms with E-state index in [2.05, 4.69) is 15.6 Å². The van der Waals surface area contributed by atoms with E-state index in [-0.39, 0.29) is 36.1 Å². The molecule has 1 aliphatic rings. The lowest BCUT2D eigenvalue weighted by atomic mass is 9.95. The van der Waals surface area contributed by atoms with Crippen LogP contribution in [0.5, 0.6) is 0 Å². The number of aromatic nitrogens is 2. The molecular formula is C19H21FN4O2. The van der Waals surface area contributed by atoms with Crippen LogP contribution in [0.2, 0.25) is 0 Å². The molecule has 1 aliphatic heterocycles. The molecule has 2 aromatic rings. The molecule has 1 saturated heterocycles.